The fourth-order valence-corrected chi connectivity index (χ4v) is 2.29. The van der Waals surface area contributed by atoms with E-state index in [2.05, 4.69) is 20.7 Å². The molecule has 3 aromatic rings. The summed E-state index contributed by atoms with van der Waals surface area (Å²) in [6, 6.07) is 10.9. The monoisotopic (exact) mass is 325 g/mol. The summed E-state index contributed by atoms with van der Waals surface area (Å²) in [4.78, 5) is 16.5. The van der Waals surface area contributed by atoms with Crippen LogP contribution in [-0.2, 0) is 13.0 Å². The predicted octanol–water partition coefficient (Wildman–Crippen LogP) is 2.62. The second kappa shape index (κ2) is 6.99. The number of hydrogen-bond donors (Lipinski definition) is 2. The molecule has 0 aliphatic rings. The first-order valence-corrected chi connectivity index (χ1v) is 7.71. The maximum atomic E-state index is 12.1. The van der Waals surface area contributed by atoms with E-state index in [1.807, 2.05) is 43.5 Å². The van der Waals surface area contributed by atoms with Gasteiger partial charge in [-0.3, -0.25) is 0 Å². The minimum atomic E-state index is -0.292. The van der Waals surface area contributed by atoms with E-state index in [1.54, 1.807) is 17.7 Å². The first kappa shape index (κ1) is 15.8. The molecule has 0 aliphatic heterocycles. The van der Waals surface area contributed by atoms with Crippen molar-refractivity contribution in [1.29, 1.82) is 0 Å². The van der Waals surface area contributed by atoms with Crippen LogP contribution in [0.4, 0.5) is 10.5 Å². The molecule has 0 fully saturated rings. The Bertz CT molecular complexity index is 842. The van der Waals surface area contributed by atoms with Crippen molar-refractivity contribution in [2.45, 2.75) is 19.9 Å². The first-order chi connectivity index (χ1) is 11.7. The Morgan fingerprint density at radius 3 is 2.75 bits per heavy atom. The normalized spacial score (nSPS) is 10.6. The number of fused-ring (bicyclic) bond motifs is 1. The number of aromatic nitrogens is 3. The highest BCUT2D eigenvalue weighted by molar-refractivity contribution is 5.92. The Labute approximate surface area is 139 Å². The van der Waals surface area contributed by atoms with Gasteiger partial charge in [0.25, 0.3) is 0 Å². The molecule has 2 N–H and O–H groups in total. The summed E-state index contributed by atoms with van der Waals surface area (Å²) in [5.41, 5.74) is 2.24. The van der Waals surface area contributed by atoms with E-state index in [0.717, 1.165) is 23.6 Å². The molecular weight excluding hydrogens is 306 g/mol. The summed E-state index contributed by atoms with van der Waals surface area (Å²) < 4.78 is 6.78. The van der Waals surface area contributed by atoms with Gasteiger partial charge in [0, 0.05) is 19.2 Å². The summed E-state index contributed by atoms with van der Waals surface area (Å²) in [6.45, 7) is 2.41. The average Bonchev–Trinajstić information content (AvgIpc) is 3.05. The molecule has 0 saturated heterocycles. The van der Waals surface area contributed by atoms with Crippen LogP contribution in [0.3, 0.4) is 0 Å². The van der Waals surface area contributed by atoms with E-state index in [9.17, 15) is 4.79 Å². The SMILES string of the molecule is CCc1nc2c(NC(=O)NCc3ccc(OC)cc3)cccn2n1. The summed E-state index contributed by atoms with van der Waals surface area (Å²) in [5, 5.41) is 9.97. The molecule has 0 spiro atoms. The third-order valence-electron chi connectivity index (χ3n) is 3.58. The molecule has 7 nitrogen and oxygen atoms in total. The Morgan fingerprint density at radius 2 is 2.04 bits per heavy atom. The lowest BCUT2D eigenvalue weighted by Crippen LogP contribution is -2.28. The van der Waals surface area contributed by atoms with Crippen molar-refractivity contribution < 1.29 is 9.53 Å². The number of anilines is 1. The number of pyridine rings is 1. The summed E-state index contributed by atoms with van der Waals surface area (Å²) in [7, 11) is 1.62. The lowest BCUT2D eigenvalue weighted by atomic mass is 10.2. The second-order valence-corrected chi connectivity index (χ2v) is 5.23. The summed E-state index contributed by atoms with van der Waals surface area (Å²) >= 11 is 0. The highest BCUT2D eigenvalue weighted by atomic mass is 16.5. The summed E-state index contributed by atoms with van der Waals surface area (Å²) in [5.74, 6) is 1.52. The fraction of sp³-hybridized carbons (Fsp3) is 0.235. The Balaban J connectivity index is 1.65. The largest absolute Gasteiger partial charge is 0.497 e. The molecule has 24 heavy (non-hydrogen) atoms. The number of nitrogens with one attached hydrogen (secondary N) is 2. The number of nitrogens with zero attached hydrogens (tertiary/aromatic N) is 3. The fourth-order valence-electron chi connectivity index (χ4n) is 2.29. The molecule has 0 saturated carbocycles. The molecule has 2 aromatic heterocycles. The number of urea groups is 1. The number of benzene rings is 1. The highest BCUT2D eigenvalue weighted by Gasteiger charge is 2.09. The Morgan fingerprint density at radius 1 is 1.25 bits per heavy atom. The van der Waals surface area contributed by atoms with Crippen molar-refractivity contribution in [3.63, 3.8) is 0 Å². The van der Waals surface area contributed by atoms with Crippen molar-refractivity contribution in [3.8, 4) is 5.75 Å². The Kier molecular flexibility index (Phi) is 4.60. The summed E-state index contributed by atoms with van der Waals surface area (Å²) in [6.07, 6.45) is 2.55. The van der Waals surface area contributed by atoms with Crippen LogP contribution in [0.5, 0.6) is 5.75 Å². The van der Waals surface area contributed by atoms with Crippen LogP contribution in [0.15, 0.2) is 42.6 Å². The molecule has 7 heteroatoms. The van der Waals surface area contributed by atoms with Gasteiger partial charge in [-0.2, -0.15) is 5.10 Å². The van der Waals surface area contributed by atoms with Gasteiger partial charge in [0.2, 0.25) is 0 Å². The van der Waals surface area contributed by atoms with Gasteiger partial charge in [0.15, 0.2) is 11.5 Å². The quantitative estimate of drug-likeness (QED) is 0.755. The number of amides is 2. The van der Waals surface area contributed by atoms with E-state index in [-0.39, 0.29) is 6.03 Å². The predicted molar refractivity (Wildman–Crippen MR) is 91.2 cm³/mol. The number of hydrogen-bond acceptors (Lipinski definition) is 4. The zero-order valence-corrected chi connectivity index (χ0v) is 13.6. The van der Waals surface area contributed by atoms with Gasteiger partial charge in [-0.25, -0.2) is 14.3 Å². The lowest BCUT2D eigenvalue weighted by molar-refractivity contribution is 0.252. The molecule has 0 bridgehead atoms. The zero-order chi connectivity index (χ0) is 16.9. The van der Waals surface area contributed by atoms with Gasteiger partial charge in [-0.15, -0.1) is 0 Å². The van der Waals surface area contributed by atoms with Crippen LogP contribution in [0.25, 0.3) is 5.65 Å². The van der Waals surface area contributed by atoms with Crippen LogP contribution < -0.4 is 15.4 Å². The molecule has 2 heterocycles. The van der Waals surface area contributed by atoms with Crippen molar-refractivity contribution in [2.24, 2.45) is 0 Å². The third-order valence-corrected chi connectivity index (χ3v) is 3.58. The van der Waals surface area contributed by atoms with Crippen molar-refractivity contribution in [2.75, 3.05) is 12.4 Å². The van der Waals surface area contributed by atoms with Crippen LogP contribution in [0.2, 0.25) is 0 Å². The number of ether oxygens (including phenoxy) is 1. The van der Waals surface area contributed by atoms with E-state index in [0.29, 0.717) is 17.9 Å². The molecule has 3 rings (SSSR count). The van der Waals surface area contributed by atoms with E-state index < -0.39 is 0 Å². The molecule has 1 aromatic carbocycles. The standard InChI is InChI=1S/C17H19N5O2/c1-3-15-20-16-14(5-4-10-22(16)21-15)19-17(23)18-11-12-6-8-13(24-2)9-7-12/h4-10H,3,11H2,1-2H3,(H2,18,19,23). The maximum absolute atomic E-state index is 12.1. The molecular formula is C17H19N5O2. The topological polar surface area (TPSA) is 80.5 Å². The van der Waals surface area contributed by atoms with Crippen LogP contribution >= 0.6 is 0 Å². The van der Waals surface area contributed by atoms with Crippen molar-refractivity contribution in [1.82, 2.24) is 19.9 Å². The number of aryl methyl sites for hydroxylation is 1. The van der Waals surface area contributed by atoms with Gasteiger partial charge >= 0.3 is 6.03 Å². The molecule has 0 radical (unpaired) electrons. The highest BCUT2D eigenvalue weighted by Crippen LogP contribution is 2.15. The van der Waals surface area contributed by atoms with E-state index in [4.69, 9.17) is 4.74 Å². The second-order valence-electron chi connectivity index (χ2n) is 5.23. The lowest BCUT2D eigenvalue weighted by Gasteiger charge is -2.08. The van der Waals surface area contributed by atoms with E-state index >= 15 is 0 Å². The third kappa shape index (κ3) is 3.45. The van der Waals surface area contributed by atoms with Gasteiger partial charge in [0.1, 0.15) is 5.75 Å². The minimum Gasteiger partial charge on any atom is -0.497 e. The average molecular weight is 325 g/mol. The van der Waals surface area contributed by atoms with Crippen molar-refractivity contribution in [3.05, 3.63) is 54.0 Å². The smallest absolute Gasteiger partial charge is 0.319 e. The van der Waals surface area contributed by atoms with Crippen LogP contribution in [-0.4, -0.2) is 27.7 Å². The molecule has 124 valence electrons. The molecule has 0 atom stereocenters. The van der Waals surface area contributed by atoms with Crippen LogP contribution in [0.1, 0.15) is 18.3 Å². The number of methoxy groups -OCH3 is 1. The van der Waals surface area contributed by atoms with E-state index in [1.165, 1.54) is 0 Å². The Hall–Kier alpha value is -3.09. The molecule has 0 aliphatic carbocycles. The number of rotatable bonds is 5. The van der Waals surface area contributed by atoms with Gasteiger partial charge in [0.05, 0.1) is 12.8 Å². The first-order valence-electron chi connectivity index (χ1n) is 7.71. The van der Waals surface area contributed by atoms with Gasteiger partial charge in [-0.05, 0) is 29.8 Å². The van der Waals surface area contributed by atoms with Crippen molar-refractivity contribution >= 4 is 17.4 Å². The molecule has 0 unspecified atom stereocenters. The molecule has 2 amide bonds. The van der Waals surface area contributed by atoms with Gasteiger partial charge in [-0.1, -0.05) is 19.1 Å². The number of carbonyl (C=O) groups excluding carboxylic acids is 1. The zero-order valence-electron chi connectivity index (χ0n) is 13.6. The van der Waals surface area contributed by atoms with Crippen LogP contribution in [0, 0.1) is 0 Å². The maximum Gasteiger partial charge on any atom is 0.319 e. The number of carbonyl (C=O) groups is 1. The minimum absolute atomic E-state index is 0.292. The van der Waals surface area contributed by atoms with Gasteiger partial charge < -0.3 is 15.4 Å².